The van der Waals surface area contributed by atoms with Gasteiger partial charge in [-0.2, -0.15) is 8.42 Å². The summed E-state index contributed by atoms with van der Waals surface area (Å²) in [5.41, 5.74) is 0.956. The Morgan fingerprint density at radius 2 is 1.73 bits per heavy atom. The standard InChI is InChI=1S/C7H8O3S.H2/c1-6-2-4-7(5-3-6)11(8,9)10;/h2-5H,1H3,(H,8,9,10);1H. The molecule has 62 valence electrons. The van der Waals surface area contributed by atoms with Crippen LogP contribution < -0.4 is 0 Å². The van der Waals surface area contributed by atoms with E-state index in [2.05, 4.69) is 0 Å². The van der Waals surface area contributed by atoms with E-state index >= 15 is 0 Å². The fourth-order valence-corrected chi connectivity index (χ4v) is 1.19. The number of aryl methyl sites for hydroxylation is 1. The van der Waals surface area contributed by atoms with E-state index in [0.717, 1.165) is 5.56 Å². The number of rotatable bonds is 1. The molecule has 11 heavy (non-hydrogen) atoms. The largest absolute Gasteiger partial charge is 0.294 e. The molecule has 0 fully saturated rings. The van der Waals surface area contributed by atoms with Gasteiger partial charge in [0.25, 0.3) is 10.1 Å². The van der Waals surface area contributed by atoms with Gasteiger partial charge in [0.2, 0.25) is 0 Å². The van der Waals surface area contributed by atoms with E-state index in [0.29, 0.717) is 0 Å². The molecule has 0 aliphatic heterocycles. The van der Waals surface area contributed by atoms with E-state index in [4.69, 9.17) is 4.55 Å². The van der Waals surface area contributed by atoms with Gasteiger partial charge >= 0.3 is 0 Å². The topological polar surface area (TPSA) is 54.4 Å². The van der Waals surface area contributed by atoms with Gasteiger partial charge in [-0.15, -0.1) is 0 Å². The summed E-state index contributed by atoms with van der Waals surface area (Å²) in [6.07, 6.45) is 0. The van der Waals surface area contributed by atoms with Gasteiger partial charge in [0.05, 0.1) is 4.90 Å². The molecule has 0 aliphatic carbocycles. The van der Waals surface area contributed by atoms with E-state index in [1.807, 2.05) is 6.92 Å². The number of hydrogen-bond donors (Lipinski definition) is 1. The molecule has 0 heterocycles. The van der Waals surface area contributed by atoms with Crippen LogP contribution in [0.5, 0.6) is 0 Å². The van der Waals surface area contributed by atoms with Crippen molar-refractivity contribution in [2.45, 2.75) is 11.8 Å². The highest BCUT2D eigenvalue weighted by atomic mass is 32.2. The van der Waals surface area contributed by atoms with Gasteiger partial charge in [-0.3, -0.25) is 4.55 Å². The Bertz CT molecular complexity index is 341. The average Bonchev–Trinajstić information content (AvgIpc) is 1.86. The van der Waals surface area contributed by atoms with Crippen LogP contribution in [0.3, 0.4) is 0 Å². The highest BCUT2D eigenvalue weighted by Crippen LogP contribution is 2.08. The molecule has 0 aromatic heterocycles. The Hall–Kier alpha value is -0.870. The van der Waals surface area contributed by atoms with Crippen molar-refractivity contribution in [3.8, 4) is 0 Å². The molecule has 0 atom stereocenters. The minimum Gasteiger partial charge on any atom is -0.282 e. The molecule has 0 saturated carbocycles. The summed E-state index contributed by atoms with van der Waals surface area (Å²) in [4.78, 5) is -0.0666. The molecule has 1 aromatic carbocycles. The summed E-state index contributed by atoms with van der Waals surface area (Å²) in [5.74, 6) is 0. The van der Waals surface area contributed by atoms with Crippen molar-refractivity contribution in [2.75, 3.05) is 0 Å². The maximum Gasteiger partial charge on any atom is 0.294 e. The van der Waals surface area contributed by atoms with Crippen LogP contribution in [0.4, 0.5) is 0 Å². The third kappa shape index (κ3) is 2.03. The molecule has 0 radical (unpaired) electrons. The van der Waals surface area contributed by atoms with Gasteiger partial charge in [-0.1, -0.05) is 17.7 Å². The van der Waals surface area contributed by atoms with E-state index < -0.39 is 10.1 Å². The quantitative estimate of drug-likeness (QED) is 0.656. The Balaban J connectivity index is 0.00000121. The van der Waals surface area contributed by atoms with Crippen LogP contribution in [0.15, 0.2) is 29.2 Å². The van der Waals surface area contributed by atoms with Crippen molar-refractivity contribution in [3.63, 3.8) is 0 Å². The zero-order chi connectivity index (χ0) is 8.48. The number of hydrogen-bond acceptors (Lipinski definition) is 2. The molecule has 0 spiro atoms. The summed E-state index contributed by atoms with van der Waals surface area (Å²) in [7, 11) is -4.02. The van der Waals surface area contributed by atoms with E-state index in [-0.39, 0.29) is 6.32 Å². The molecule has 0 unspecified atom stereocenters. The maximum absolute atomic E-state index is 10.5. The monoisotopic (exact) mass is 174 g/mol. The normalized spacial score (nSPS) is 11.5. The van der Waals surface area contributed by atoms with Gasteiger partial charge < -0.3 is 0 Å². The molecule has 0 saturated heterocycles. The maximum atomic E-state index is 10.5. The SMILES string of the molecule is Cc1ccc(S(=O)(=O)O)cc1.[HH]. The van der Waals surface area contributed by atoms with Crippen LogP contribution in [-0.4, -0.2) is 13.0 Å². The predicted octanol–water partition coefficient (Wildman–Crippen LogP) is 1.49. The first-order chi connectivity index (χ1) is 5.00. The van der Waals surface area contributed by atoms with Crippen LogP contribution in [0, 0.1) is 6.92 Å². The highest BCUT2D eigenvalue weighted by Gasteiger charge is 2.06. The smallest absolute Gasteiger partial charge is 0.282 e. The molecule has 0 aliphatic rings. The van der Waals surface area contributed by atoms with E-state index in [1.165, 1.54) is 12.1 Å². The van der Waals surface area contributed by atoms with Gasteiger partial charge in [-0.25, -0.2) is 0 Å². The Labute approximate surface area is 66.9 Å². The molecule has 1 N–H and O–H groups in total. The van der Waals surface area contributed by atoms with Crippen LogP contribution >= 0.6 is 0 Å². The lowest BCUT2D eigenvalue weighted by atomic mass is 10.2. The lowest BCUT2D eigenvalue weighted by molar-refractivity contribution is 0.483. The lowest BCUT2D eigenvalue weighted by Crippen LogP contribution is -1.96. The second-order valence-corrected chi connectivity index (χ2v) is 3.71. The summed E-state index contributed by atoms with van der Waals surface area (Å²) >= 11 is 0. The minimum absolute atomic E-state index is 0. The van der Waals surface area contributed by atoms with Crippen molar-refractivity contribution in [1.82, 2.24) is 0 Å². The summed E-state index contributed by atoms with van der Waals surface area (Å²) in [6.45, 7) is 1.84. The molecular formula is C7H10O3S. The Morgan fingerprint density at radius 1 is 1.27 bits per heavy atom. The predicted molar refractivity (Wildman–Crippen MR) is 43.1 cm³/mol. The molecule has 0 amide bonds. The van der Waals surface area contributed by atoms with Crippen molar-refractivity contribution >= 4 is 10.1 Å². The Morgan fingerprint density at radius 3 is 2.09 bits per heavy atom. The van der Waals surface area contributed by atoms with Crippen molar-refractivity contribution in [1.29, 1.82) is 0 Å². The highest BCUT2D eigenvalue weighted by molar-refractivity contribution is 7.85. The minimum atomic E-state index is -4.02. The van der Waals surface area contributed by atoms with Gasteiger partial charge in [0, 0.05) is 1.43 Å². The average molecular weight is 174 g/mol. The van der Waals surface area contributed by atoms with Crippen molar-refractivity contribution < 1.29 is 14.4 Å². The van der Waals surface area contributed by atoms with Gasteiger partial charge in [0.1, 0.15) is 0 Å². The van der Waals surface area contributed by atoms with Gasteiger partial charge in [0.15, 0.2) is 0 Å². The van der Waals surface area contributed by atoms with Crippen LogP contribution in [0.1, 0.15) is 6.99 Å². The van der Waals surface area contributed by atoms with Crippen molar-refractivity contribution in [3.05, 3.63) is 29.8 Å². The fraction of sp³-hybridized carbons (Fsp3) is 0.143. The summed E-state index contributed by atoms with van der Waals surface area (Å²) in [6, 6.07) is 5.99. The molecule has 1 rings (SSSR count). The van der Waals surface area contributed by atoms with Crippen LogP contribution in [0.2, 0.25) is 0 Å². The van der Waals surface area contributed by atoms with E-state index in [9.17, 15) is 8.42 Å². The van der Waals surface area contributed by atoms with Crippen LogP contribution in [-0.2, 0) is 10.1 Å². The Kier molecular flexibility index (Phi) is 1.97. The van der Waals surface area contributed by atoms with Gasteiger partial charge in [-0.05, 0) is 19.1 Å². The molecule has 3 nitrogen and oxygen atoms in total. The van der Waals surface area contributed by atoms with Crippen LogP contribution in [0.25, 0.3) is 0 Å². The third-order valence-electron chi connectivity index (χ3n) is 1.32. The molecule has 0 bridgehead atoms. The lowest BCUT2D eigenvalue weighted by Gasteiger charge is -1.95. The first kappa shape index (κ1) is 8.23. The molecular weight excluding hydrogens is 164 g/mol. The van der Waals surface area contributed by atoms with Crippen molar-refractivity contribution in [2.24, 2.45) is 0 Å². The second-order valence-electron chi connectivity index (χ2n) is 2.29. The second kappa shape index (κ2) is 2.64. The zero-order valence-electron chi connectivity index (χ0n) is 5.98. The number of benzene rings is 1. The first-order valence-electron chi connectivity index (χ1n) is 3.04. The molecule has 4 heteroatoms. The third-order valence-corrected chi connectivity index (χ3v) is 2.19. The zero-order valence-corrected chi connectivity index (χ0v) is 6.80. The first-order valence-corrected chi connectivity index (χ1v) is 4.48. The summed E-state index contributed by atoms with van der Waals surface area (Å²) < 4.78 is 29.6. The fourth-order valence-electron chi connectivity index (χ4n) is 0.710. The summed E-state index contributed by atoms with van der Waals surface area (Å²) in [5, 5.41) is 0. The van der Waals surface area contributed by atoms with E-state index in [1.54, 1.807) is 12.1 Å². The molecule has 1 aromatic rings.